The number of hydrogen-bond donors (Lipinski definition) is 2. The van der Waals surface area contributed by atoms with Crippen LogP contribution in [0.2, 0.25) is 0 Å². The van der Waals surface area contributed by atoms with Crippen LogP contribution in [0.4, 0.5) is 19.3 Å². The first-order valence-corrected chi connectivity index (χ1v) is 9.66. The molecule has 2 aromatic heterocycles. The summed E-state index contributed by atoms with van der Waals surface area (Å²) < 4.78 is 30.3. The molecule has 2 N–H and O–H groups in total. The lowest BCUT2D eigenvalue weighted by Gasteiger charge is -2.33. The number of nitrogens with zero attached hydrogens (tertiary/aromatic N) is 4. The molecule has 28 heavy (non-hydrogen) atoms. The summed E-state index contributed by atoms with van der Waals surface area (Å²) in [7, 11) is 0. The molecule has 0 fully saturated rings. The minimum atomic E-state index is -0.868. The van der Waals surface area contributed by atoms with Gasteiger partial charge in [0.25, 0.3) is 0 Å². The Labute approximate surface area is 168 Å². The number of aromatic nitrogens is 3. The van der Waals surface area contributed by atoms with Crippen molar-refractivity contribution in [1.29, 1.82) is 0 Å². The number of aliphatic hydroxyl groups excluding tert-OH is 1. The van der Waals surface area contributed by atoms with Crippen molar-refractivity contribution in [3.8, 4) is 0 Å². The van der Waals surface area contributed by atoms with Crippen LogP contribution >= 0.6 is 15.9 Å². The Morgan fingerprint density at radius 1 is 1.43 bits per heavy atom. The third kappa shape index (κ3) is 3.30. The van der Waals surface area contributed by atoms with Crippen LogP contribution in [0.25, 0.3) is 5.83 Å². The molecular weight excluding hydrogens is 436 g/mol. The number of hydrogen-bond acceptors (Lipinski definition) is 4. The van der Waals surface area contributed by atoms with Gasteiger partial charge in [0, 0.05) is 30.8 Å². The molecule has 2 aliphatic heterocycles. The number of aliphatic hydroxyl groups is 1. The third-order valence-corrected chi connectivity index (χ3v) is 5.59. The number of urea groups is 1. The fourth-order valence-corrected chi connectivity index (χ4v) is 3.92. The Balaban J connectivity index is 1.63. The maximum Gasteiger partial charge on any atom is 0.322 e. The summed E-state index contributed by atoms with van der Waals surface area (Å²) in [5, 5.41) is 16.8. The molecule has 0 saturated heterocycles. The molecule has 148 valence electrons. The largest absolute Gasteiger partial charge is 0.389 e. The average molecular weight is 454 g/mol. The number of rotatable bonds is 1. The lowest BCUT2D eigenvalue weighted by atomic mass is 9.99. The number of nitrogens with one attached hydrogen (secondary N) is 1. The minimum absolute atomic E-state index is 0.00648. The molecular formula is C18H18BrF2N5O2. The fraction of sp³-hybridized carbons (Fsp3) is 0.389. The summed E-state index contributed by atoms with van der Waals surface area (Å²) in [6.07, 6.45) is 2.52. The highest BCUT2D eigenvalue weighted by molar-refractivity contribution is 9.10. The van der Waals surface area contributed by atoms with Gasteiger partial charge < -0.3 is 15.3 Å². The molecule has 2 aromatic rings. The van der Waals surface area contributed by atoms with E-state index in [-0.39, 0.29) is 22.9 Å². The highest BCUT2D eigenvalue weighted by atomic mass is 79.9. The highest BCUT2D eigenvalue weighted by Gasteiger charge is 2.34. The molecule has 0 aliphatic carbocycles. The SMILES string of the molecule is C[C@@H]1Cc2nn3c(c2CN1C(=O)Nc1ccnc(Br)c1F)C(F)=C[C@@H](O)CC3. The maximum absolute atomic E-state index is 14.6. The number of aryl methyl sites for hydroxylation is 1. The van der Waals surface area contributed by atoms with Gasteiger partial charge in [-0.25, -0.2) is 18.6 Å². The van der Waals surface area contributed by atoms with Gasteiger partial charge in [-0.3, -0.25) is 4.68 Å². The normalized spacial score (nSPS) is 21.5. The second-order valence-electron chi connectivity index (χ2n) is 6.94. The van der Waals surface area contributed by atoms with Crippen molar-refractivity contribution in [3.05, 3.63) is 45.7 Å². The van der Waals surface area contributed by atoms with Crippen molar-refractivity contribution in [3.63, 3.8) is 0 Å². The number of halogens is 3. The zero-order valence-corrected chi connectivity index (χ0v) is 16.6. The van der Waals surface area contributed by atoms with E-state index in [4.69, 9.17) is 0 Å². The van der Waals surface area contributed by atoms with Gasteiger partial charge in [-0.1, -0.05) is 0 Å². The van der Waals surface area contributed by atoms with Gasteiger partial charge in [-0.05, 0) is 41.4 Å². The van der Waals surface area contributed by atoms with Crippen molar-refractivity contribution in [2.75, 3.05) is 5.32 Å². The van der Waals surface area contributed by atoms with Crippen LogP contribution in [-0.4, -0.2) is 42.9 Å². The molecule has 2 atom stereocenters. The second kappa shape index (κ2) is 7.25. The molecule has 0 unspecified atom stereocenters. The van der Waals surface area contributed by atoms with Crippen molar-refractivity contribution in [1.82, 2.24) is 19.7 Å². The molecule has 0 bridgehead atoms. The quantitative estimate of drug-likeness (QED) is 0.649. The van der Waals surface area contributed by atoms with E-state index in [9.17, 15) is 18.7 Å². The Morgan fingerprint density at radius 3 is 3.00 bits per heavy atom. The smallest absolute Gasteiger partial charge is 0.322 e. The van der Waals surface area contributed by atoms with E-state index >= 15 is 0 Å². The number of anilines is 1. The summed E-state index contributed by atoms with van der Waals surface area (Å²) in [6.45, 7) is 2.40. The third-order valence-electron chi connectivity index (χ3n) is 5.03. The van der Waals surface area contributed by atoms with Gasteiger partial charge in [-0.2, -0.15) is 5.10 Å². The highest BCUT2D eigenvalue weighted by Crippen LogP contribution is 2.33. The first-order chi connectivity index (χ1) is 13.3. The summed E-state index contributed by atoms with van der Waals surface area (Å²) >= 11 is 2.99. The van der Waals surface area contributed by atoms with Gasteiger partial charge in [-0.15, -0.1) is 0 Å². The van der Waals surface area contributed by atoms with Gasteiger partial charge in [0.2, 0.25) is 0 Å². The van der Waals surface area contributed by atoms with Crippen LogP contribution in [0.15, 0.2) is 22.9 Å². The van der Waals surface area contributed by atoms with E-state index in [0.29, 0.717) is 30.6 Å². The molecule has 4 heterocycles. The zero-order chi connectivity index (χ0) is 20.0. The Kier molecular flexibility index (Phi) is 4.92. The molecule has 2 aliphatic rings. The van der Waals surface area contributed by atoms with Crippen LogP contribution in [0.1, 0.15) is 30.3 Å². The zero-order valence-electron chi connectivity index (χ0n) is 15.0. The number of fused-ring (bicyclic) bond motifs is 3. The predicted octanol–water partition coefficient (Wildman–Crippen LogP) is 3.23. The first-order valence-electron chi connectivity index (χ1n) is 8.87. The van der Waals surface area contributed by atoms with E-state index in [1.54, 1.807) is 4.68 Å². The van der Waals surface area contributed by atoms with Crippen LogP contribution in [0.3, 0.4) is 0 Å². The van der Waals surface area contributed by atoms with Crippen molar-refractivity contribution >= 4 is 33.5 Å². The first kappa shape index (κ1) is 19.0. The summed E-state index contributed by atoms with van der Waals surface area (Å²) in [5.74, 6) is -1.21. The Hall–Kier alpha value is -2.33. The van der Waals surface area contributed by atoms with Gasteiger partial charge >= 0.3 is 6.03 Å². The van der Waals surface area contributed by atoms with Gasteiger partial charge in [0.05, 0.1) is 24.0 Å². The monoisotopic (exact) mass is 453 g/mol. The molecule has 7 nitrogen and oxygen atoms in total. The molecule has 0 aromatic carbocycles. The van der Waals surface area contributed by atoms with Gasteiger partial charge in [0.15, 0.2) is 5.82 Å². The maximum atomic E-state index is 14.6. The molecule has 0 spiro atoms. The lowest BCUT2D eigenvalue weighted by molar-refractivity contribution is 0.181. The number of pyridine rings is 1. The summed E-state index contributed by atoms with van der Waals surface area (Å²) in [4.78, 5) is 18.1. The Morgan fingerprint density at radius 2 is 2.21 bits per heavy atom. The molecule has 4 rings (SSSR count). The average Bonchev–Trinajstić information content (AvgIpc) is 2.93. The fourth-order valence-electron chi connectivity index (χ4n) is 3.58. The molecule has 10 heteroatoms. The number of carbonyl (C=O) groups is 1. The summed E-state index contributed by atoms with van der Waals surface area (Å²) in [6, 6.07) is 0.680. The van der Waals surface area contributed by atoms with E-state index in [1.807, 2.05) is 6.92 Å². The van der Waals surface area contributed by atoms with Crippen molar-refractivity contribution in [2.24, 2.45) is 0 Å². The topological polar surface area (TPSA) is 83.3 Å². The predicted molar refractivity (Wildman–Crippen MR) is 102 cm³/mol. The molecule has 0 saturated carbocycles. The lowest BCUT2D eigenvalue weighted by Crippen LogP contribution is -2.45. The minimum Gasteiger partial charge on any atom is -0.389 e. The van der Waals surface area contributed by atoms with Crippen molar-refractivity contribution < 1.29 is 18.7 Å². The summed E-state index contributed by atoms with van der Waals surface area (Å²) in [5.41, 5.74) is 1.67. The van der Waals surface area contributed by atoms with Crippen LogP contribution in [0.5, 0.6) is 0 Å². The van der Waals surface area contributed by atoms with Gasteiger partial charge in [0.1, 0.15) is 16.1 Å². The standard InChI is InChI=1S/C18H18BrF2N5O2/c1-9-6-14-11(16-12(20)7-10(27)3-5-26(16)24-14)8-25(9)18(28)23-13-2-4-22-17(19)15(13)21/h2,4,7,9-10,27H,3,5-6,8H2,1H3,(H,22,23,28)/t9-,10+/m1/s1. The van der Waals surface area contributed by atoms with E-state index < -0.39 is 23.8 Å². The number of carbonyl (C=O) groups excluding carboxylic acids is 1. The van der Waals surface area contributed by atoms with E-state index in [2.05, 4.69) is 31.3 Å². The molecule has 0 radical (unpaired) electrons. The van der Waals surface area contributed by atoms with Crippen LogP contribution in [0, 0.1) is 5.82 Å². The number of amides is 2. The molecule has 2 amide bonds. The van der Waals surface area contributed by atoms with E-state index in [0.717, 1.165) is 5.69 Å². The second-order valence-corrected chi connectivity index (χ2v) is 7.69. The van der Waals surface area contributed by atoms with Crippen molar-refractivity contribution in [2.45, 2.75) is 45.0 Å². The Bertz CT molecular complexity index is 977. The van der Waals surface area contributed by atoms with Crippen LogP contribution < -0.4 is 5.32 Å². The van der Waals surface area contributed by atoms with E-state index in [1.165, 1.54) is 23.2 Å². The van der Waals surface area contributed by atoms with Crippen LogP contribution in [-0.2, 0) is 19.5 Å².